The number of nitrogens with one attached hydrogen (secondary N) is 1. The van der Waals surface area contributed by atoms with Crippen LogP contribution in [-0.2, 0) is 0 Å². The molecule has 0 spiro atoms. The molecular weight excluding hydrogens is 304 g/mol. The third-order valence-electron chi connectivity index (χ3n) is 3.96. The van der Waals surface area contributed by atoms with Crippen LogP contribution in [0.5, 0.6) is 5.75 Å². The van der Waals surface area contributed by atoms with E-state index in [0.29, 0.717) is 29.6 Å². The largest absolute Gasteiger partial charge is 0.492 e. The number of urea groups is 1. The van der Waals surface area contributed by atoms with Gasteiger partial charge in [0.1, 0.15) is 5.75 Å². The third-order valence-corrected chi connectivity index (χ3v) is 4.19. The van der Waals surface area contributed by atoms with Gasteiger partial charge >= 0.3 is 6.03 Å². The molecule has 0 radical (unpaired) electrons. The number of aliphatic hydroxyl groups excluding tert-OH is 1. The molecule has 2 rings (SSSR count). The molecule has 2 amide bonds. The second-order valence-corrected chi connectivity index (χ2v) is 6.08. The number of ether oxygens (including phenoxy) is 1. The summed E-state index contributed by atoms with van der Waals surface area (Å²) < 4.78 is 5.49. The molecule has 1 aliphatic rings. The minimum Gasteiger partial charge on any atom is -0.492 e. The minimum atomic E-state index is -0.301. The quantitative estimate of drug-likeness (QED) is 0.872. The van der Waals surface area contributed by atoms with Crippen LogP contribution in [0.15, 0.2) is 18.2 Å². The molecule has 1 aromatic rings. The average Bonchev–Trinajstić information content (AvgIpc) is 2.87. The van der Waals surface area contributed by atoms with Crippen molar-refractivity contribution in [2.45, 2.75) is 32.3 Å². The van der Waals surface area contributed by atoms with Gasteiger partial charge in [-0.2, -0.15) is 0 Å². The summed E-state index contributed by atoms with van der Waals surface area (Å²) in [5.41, 5.74) is 0.593. The van der Waals surface area contributed by atoms with Crippen LogP contribution in [0, 0.1) is 5.92 Å². The number of halogens is 1. The smallest absolute Gasteiger partial charge is 0.321 e. The van der Waals surface area contributed by atoms with Gasteiger partial charge in [0.15, 0.2) is 0 Å². The van der Waals surface area contributed by atoms with Crippen LogP contribution in [0.2, 0.25) is 5.02 Å². The molecule has 2 atom stereocenters. The molecule has 0 bridgehead atoms. The Morgan fingerprint density at radius 3 is 2.91 bits per heavy atom. The Bertz CT molecular complexity index is 524. The first-order valence-corrected chi connectivity index (χ1v) is 8.01. The van der Waals surface area contributed by atoms with Crippen molar-refractivity contribution >= 4 is 23.3 Å². The first-order chi connectivity index (χ1) is 10.5. The summed E-state index contributed by atoms with van der Waals surface area (Å²) in [5, 5.41) is 13.3. The van der Waals surface area contributed by atoms with Crippen LogP contribution >= 0.6 is 11.6 Å². The highest BCUT2D eigenvalue weighted by Crippen LogP contribution is 2.29. The molecule has 1 aromatic carbocycles. The second kappa shape index (κ2) is 7.70. The lowest BCUT2D eigenvalue weighted by molar-refractivity contribution is 0.116. The minimum absolute atomic E-state index is 0.160. The molecule has 1 saturated carbocycles. The number of carbonyl (C=O) groups is 1. The van der Waals surface area contributed by atoms with Crippen LogP contribution in [0.3, 0.4) is 0 Å². The van der Waals surface area contributed by atoms with Crippen LogP contribution in [0.4, 0.5) is 10.5 Å². The molecule has 122 valence electrons. The van der Waals surface area contributed by atoms with Crippen molar-refractivity contribution in [2.75, 3.05) is 25.5 Å². The van der Waals surface area contributed by atoms with Crippen LogP contribution in [-0.4, -0.2) is 42.3 Å². The Balaban J connectivity index is 1.98. The van der Waals surface area contributed by atoms with E-state index in [1.165, 1.54) is 0 Å². The lowest BCUT2D eigenvalue weighted by atomic mass is 10.1. The Hall–Kier alpha value is -1.46. The van der Waals surface area contributed by atoms with Gasteiger partial charge in [0.05, 0.1) is 18.4 Å². The van der Waals surface area contributed by atoms with Gasteiger partial charge in [-0.1, -0.05) is 18.0 Å². The molecule has 1 fully saturated rings. The lowest BCUT2D eigenvalue weighted by Crippen LogP contribution is -2.37. The van der Waals surface area contributed by atoms with Crippen molar-refractivity contribution in [1.29, 1.82) is 0 Å². The number of benzene rings is 1. The van der Waals surface area contributed by atoms with E-state index < -0.39 is 0 Å². The summed E-state index contributed by atoms with van der Waals surface area (Å²) in [6.07, 6.45) is 2.51. The molecule has 2 unspecified atom stereocenters. The third kappa shape index (κ3) is 4.27. The van der Waals surface area contributed by atoms with Gasteiger partial charge in [-0.15, -0.1) is 0 Å². The van der Waals surface area contributed by atoms with Gasteiger partial charge in [0, 0.05) is 30.6 Å². The second-order valence-electron chi connectivity index (χ2n) is 5.64. The predicted octanol–water partition coefficient (Wildman–Crippen LogP) is 3.36. The van der Waals surface area contributed by atoms with Crippen molar-refractivity contribution < 1.29 is 14.6 Å². The van der Waals surface area contributed by atoms with Gasteiger partial charge in [0.25, 0.3) is 0 Å². The standard InChI is InChI=1S/C16H23ClN2O3/c1-3-22-15-9-12(17)7-8-13(15)18-16(21)19(2)10-11-5-4-6-14(11)20/h7-9,11,14,20H,3-6,10H2,1-2H3,(H,18,21). The van der Waals surface area contributed by atoms with Gasteiger partial charge in [-0.05, 0) is 31.9 Å². The molecule has 0 saturated heterocycles. The SMILES string of the molecule is CCOc1cc(Cl)ccc1NC(=O)N(C)CC1CCCC1O. The zero-order valence-corrected chi connectivity index (χ0v) is 13.8. The highest BCUT2D eigenvalue weighted by molar-refractivity contribution is 6.30. The number of rotatable bonds is 5. The van der Waals surface area contributed by atoms with Gasteiger partial charge in [0.2, 0.25) is 0 Å². The van der Waals surface area contributed by atoms with Gasteiger partial charge in [-0.3, -0.25) is 0 Å². The number of aliphatic hydroxyl groups is 1. The summed E-state index contributed by atoms with van der Waals surface area (Å²) in [4.78, 5) is 13.9. The maximum absolute atomic E-state index is 12.3. The number of hydrogen-bond acceptors (Lipinski definition) is 3. The number of hydrogen-bond donors (Lipinski definition) is 2. The van der Waals surface area contributed by atoms with Crippen molar-refractivity contribution in [3.05, 3.63) is 23.2 Å². The molecule has 0 aliphatic heterocycles. The summed E-state index contributed by atoms with van der Waals surface area (Å²) in [5.74, 6) is 0.713. The number of nitrogens with zero attached hydrogens (tertiary/aromatic N) is 1. The zero-order valence-electron chi connectivity index (χ0n) is 13.0. The zero-order chi connectivity index (χ0) is 16.1. The normalized spacial score (nSPS) is 20.7. The Labute approximate surface area is 136 Å². The van der Waals surface area contributed by atoms with Crippen molar-refractivity contribution in [2.24, 2.45) is 5.92 Å². The van der Waals surface area contributed by atoms with E-state index in [-0.39, 0.29) is 18.1 Å². The van der Waals surface area contributed by atoms with E-state index in [2.05, 4.69) is 5.32 Å². The fourth-order valence-corrected chi connectivity index (χ4v) is 2.91. The van der Waals surface area contributed by atoms with E-state index in [9.17, 15) is 9.90 Å². The Morgan fingerprint density at radius 1 is 1.50 bits per heavy atom. The molecular formula is C16H23ClN2O3. The van der Waals surface area contributed by atoms with Crippen molar-refractivity contribution in [3.63, 3.8) is 0 Å². The average molecular weight is 327 g/mol. The molecule has 22 heavy (non-hydrogen) atoms. The molecule has 6 heteroatoms. The van der Waals surface area contributed by atoms with E-state index >= 15 is 0 Å². The highest BCUT2D eigenvalue weighted by Gasteiger charge is 2.27. The Morgan fingerprint density at radius 2 is 2.27 bits per heavy atom. The van der Waals surface area contributed by atoms with Gasteiger partial charge in [-0.25, -0.2) is 4.79 Å². The predicted molar refractivity (Wildman–Crippen MR) is 87.6 cm³/mol. The molecule has 5 nitrogen and oxygen atoms in total. The molecule has 2 N–H and O–H groups in total. The molecule has 0 heterocycles. The summed E-state index contributed by atoms with van der Waals surface area (Å²) >= 11 is 5.95. The summed E-state index contributed by atoms with van der Waals surface area (Å²) in [7, 11) is 1.73. The molecule has 1 aliphatic carbocycles. The maximum atomic E-state index is 12.3. The van der Waals surface area contributed by atoms with Crippen LogP contribution in [0.25, 0.3) is 0 Å². The van der Waals surface area contributed by atoms with Gasteiger partial charge < -0.3 is 20.1 Å². The highest BCUT2D eigenvalue weighted by atomic mass is 35.5. The van der Waals surface area contributed by atoms with E-state index in [1.54, 1.807) is 30.1 Å². The first kappa shape index (κ1) is 16.9. The fourth-order valence-electron chi connectivity index (χ4n) is 2.75. The number of carbonyl (C=O) groups excluding carboxylic acids is 1. The van der Waals surface area contributed by atoms with Crippen LogP contribution < -0.4 is 10.1 Å². The number of amides is 2. The Kier molecular flexibility index (Phi) is 5.91. The summed E-state index contributed by atoms with van der Waals surface area (Å²) in [6, 6.07) is 4.90. The maximum Gasteiger partial charge on any atom is 0.321 e. The van der Waals surface area contributed by atoms with E-state index in [4.69, 9.17) is 16.3 Å². The van der Waals surface area contributed by atoms with Crippen LogP contribution in [0.1, 0.15) is 26.2 Å². The van der Waals surface area contributed by atoms with Crippen molar-refractivity contribution in [3.8, 4) is 5.75 Å². The van der Waals surface area contributed by atoms with E-state index in [0.717, 1.165) is 19.3 Å². The first-order valence-electron chi connectivity index (χ1n) is 7.63. The molecule has 0 aromatic heterocycles. The van der Waals surface area contributed by atoms with E-state index in [1.807, 2.05) is 6.92 Å². The number of anilines is 1. The van der Waals surface area contributed by atoms with Crippen molar-refractivity contribution in [1.82, 2.24) is 4.90 Å². The monoisotopic (exact) mass is 326 g/mol. The fraction of sp³-hybridized carbons (Fsp3) is 0.562. The summed E-state index contributed by atoms with van der Waals surface area (Å²) in [6.45, 7) is 2.91. The lowest BCUT2D eigenvalue weighted by Gasteiger charge is -2.24. The topological polar surface area (TPSA) is 61.8 Å².